The average Bonchev–Trinajstić information content (AvgIpc) is 1.87. The third-order valence-electron chi connectivity index (χ3n) is 1.86. The fourth-order valence-corrected chi connectivity index (χ4v) is 1.04. The Balaban J connectivity index is 3.63. The summed E-state index contributed by atoms with van der Waals surface area (Å²) in [5.74, 6) is 3.97. The maximum absolute atomic E-state index is 5.43. The van der Waals surface area contributed by atoms with Crippen molar-refractivity contribution in [2.75, 3.05) is 6.54 Å². The van der Waals surface area contributed by atoms with E-state index in [1.54, 1.807) is 0 Å². The van der Waals surface area contributed by atoms with Gasteiger partial charge in [-0.2, -0.15) is 0 Å². The van der Waals surface area contributed by atoms with E-state index in [0.29, 0.717) is 11.8 Å². The molecule has 1 nitrogen and oxygen atoms in total. The van der Waals surface area contributed by atoms with Crippen LogP contribution >= 0.6 is 0 Å². The molecule has 0 saturated carbocycles. The summed E-state index contributed by atoms with van der Waals surface area (Å²) in [5, 5.41) is 0. The van der Waals surface area contributed by atoms with Crippen molar-refractivity contribution < 1.29 is 0 Å². The summed E-state index contributed by atoms with van der Waals surface area (Å²) < 4.78 is 0. The van der Waals surface area contributed by atoms with Crippen molar-refractivity contribution in [3.63, 3.8) is 0 Å². The fraction of sp³-hybridized carbons (Fsp3) is 0.778. The van der Waals surface area contributed by atoms with Crippen LogP contribution in [0.3, 0.4) is 0 Å². The lowest BCUT2D eigenvalue weighted by molar-refractivity contribution is 0.372. The van der Waals surface area contributed by atoms with Gasteiger partial charge in [0, 0.05) is 6.42 Å². The summed E-state index contributed by atoms with van der Waals surface area (Å²) in [4.78, 5) is 0. The second-order valence-electron chi connectivity index (χ2n) is 2.99. The molecule has 10 heavy (non-hydrogen) atoms. The Morgan fingerprint density at radius 3 is 2.40 bits per heavy atom. The molecule has 0 aliphatic heterocycles. The van der Waals surface area contributed by atoms with E-state index in [1.807, 2.05) is 0 Å². The molecule has 0 bridgehead atoms. The Labute approximate surface area is 64.0 Å². The van der Waals surface area contributed by atoms with E-state index in [1.165, 1.54) is 0 Å². The summed E-state index contributed by atoms with van der Waals surface area (Å²) in [7, 11) is 0. The molecule has 1 atom stereocenters. The van der Waals surface area contributed by atoms with E-state index in [0.717, 1.165) is 19.4 Å². The zero-order chi connectivity index (χ0) is 7.98. The fourth-order valence-electron chi connectivity index (χ4n) is 1.04. The summed E-state index contributed by atoms with van der Waals surface area (Å²) in [5.41, 5.74) is 5.43. The van der Waals surface area contributed by atoms with Crippen LogP contribution in [0.15, 0.2) is 0 Å². The molecule has 0 heterocycles. The van der Waals surface area contributed by atoms with E-state index in [4.69, 9.17) is 12.2 Å². The molecule has 0 spiro atoms. The number of nitrogens with two attached hydrogens (primary N) is 1. The van der Waals surface area contributed by atoms with Crippen LogP contribution in [0.5, 0.6) is 0 Å². The standard InChI is InChI=1S/C9H17N/c1-4-5-9(6-7-10)8(2)3/h1,8-9H,5-7,10H2,2-3H3. The first-order valence-electron chi connectivity index (χ1n) is 3.86. The first-order valence-corrected chi connectivity index (χ1v) is 3.86. The summed E-state index contributed by atoms with van der Waals surface area (Å²) in [6.45, 7) is 5.14. The zero-order valence-corrected chi connectivity index (χ0v) is 6.93. The molecule has 0 aliphatic carbocycles. The topological polar surface area (TPSA) is 26.0 Å². The highest BCUT2D eigenvalue weighted by molar-refractivity contribution is 4.87. The Kier molecular flexibility index (Phi) is 5.06. The summed E-state index contributed by atoms with van der Waals surface area (Å²) in [6.07, 6.45) is 7.13. The number of hydrogen-bond acceptors (Lipinski definition) is 1. The van der Waals surface area contributed by atoms with Crippen LogP contribution in [-0.2, 0) is 0 Å². The molecule has 0 radical (unpaired) electrons. The molecule has 1 unspecified atom stereocenters. The second-order valence-corrected chi connectivity index (χ2v) is 2.99. The van der Waals surface area contributed by atoms with E-state index < -0.39 is 0 Å². The highest BCUT2D eigenvalue weighted by Crippen LogP contribution is 2.17. The van der Waals surface area contributed by atoms with Crippen LogP contribution in [0, 0.1) is 24.2 Å². The molecule has 0 fully saturated rings. The van der Waals surface area contributed by atoms with E-state index in [9.17, 15) is 0 Å². The van der Waals surface area contributed by atoms with Crippen LogP contribution in [0.25, 0.3) is 0 Å². The molecule has 0 rings (SSSR count). The SMILES string of the molecule is C#CCC(CCN)C(C)C. The van der Waals surface area contributed by atoms with Gasteiger partial charge in [0.15, 0.2) is 0 Å². The van der Waals surface area contributed by atoms with Gasteiger partial charge >= 0.3 is 0 Å². The predicted molar refractivity (Wildman–Crippen MR) is 45.4 cm³/mol. The van der Waals surface area contributed by atoms with Gasteiger partial charge in [-0.3, -0.25) is 0 Å². The van der Waals surface area contributed by atoms with E-state index in [2.05, 4.69) is 19.8 Å². The smallest absolute Gasteiger partial charge is 0.0117 e. The predicted octanol–water partition coefficient (Wildman–Crippen LogP) is 1.63. The zero-order valence-electron chi connectivity index (χ0n) is 6.93. The quantitative estimate of drug-likeness (QED) is 0.589. The highest BCUT2D eigenvalue weighted by Gasteiger charge is 2.09. The van der Waals surface area contributed by atoms with Crippen LogP contribution in [0.2, 0.25) is 0 Å². The Morgan fingerprint density at radius 1 is 1.50 bits per heavy atom. The first kappa shape index (κ1) is 9.52. The lowest BCUT2D eigenvalue weighted by Crippen LogP contribution is -2.13. The number of terminal acetylenes is 1. The van der Waals surface area contributed by atoms with Gasteiger partial charge < -0.3 is 5.73 Å². The van der Waals surface area contributed by atoms with Crippen molar-refractivity contribution >= 4 is 0 Å². The maximum Gasteiger partial charge on any atom is 0.0117 e. The van der Waals surface area contributed by atoms with Crippen molar-refractivity contribution in [1.29, 1.82) is 0 Å². The van der Waals surface area contributed by atoms with Gasteiger partial charge in [-0.1, -0.05) is 13.8 Å². The van der Waals surface area contributed by atoms with Crippen LogP contribution in [0.4, 0.5) is 0 Å². The molecule has 0 saturated heterocycles. The van der Waals surface area contributed by atoms with Crippen LogP contribution in [0.1, 0.15) is 26.7 Å². The lowest BCUT2D eigenvalue weighted by atomic mass is 9.90. The Morgan fingerprint density at radius 2 is 2.10 bits per heavy atom. The molecular formula is C9H17N. The largest absolute Gasteiger partial charge is 0.330 e. The molecule has 2 N–H and O–H groups in total. The monoisotopic (exact) mass is 139 g/mol. The minimum Gasteiger partial charge on any atom is -0.330 e. The highest BCUT2D eigenvalue weighted by atomic mass is 14.5. The third-order valence-corrected chi connectivity index (χ3v) is 1.86. The van der Waals surface area contributed by atoms with Gasteiger partial charge in [-0.25, -0.2) is 0 Å². The summed E-state index contributed by atoms with van der Waals surface area (Å²) in [6, 6.07) is 0. The lowest BCUT2D eigenvalue weighted by Gasteiger charge is -2.16. The molecule has 0 aromatic heterocycles. The molecule has 0 aromatic carbocycles. The maximum atomic E-state index is 5.43. The summed E-state index contributed by atoms with van der Waals surface area (Å²) >= 11 is 0. The molecule has 58 valence electrons. The molecular weight excluding hydrogens is 122 g/mol. The van der Waals surface area contributed by atoms with Crippen molar-refractivity contribution in [2.24, 2.45) is 17.6 Å². The minimum absolute atomic E-state index is 0.620. The van der Waals surface area contributed by atoms with Crippen molar-refractivity contribution in [1.82, 2.24) is 0 Å². The second kappa shape index (κ2) is 5.32. The van der Waals surface area contributed by atoms with Gasteiger partial charge in [0.25, 0.3) is 0 Å². The van der Waals surface area contributed by atoms with Crippen molar-refractivity contribution in [3.8, 4) is 12.3 Å². The van der Waals surface area contributed by atoms with Crippen LogP contribution in [-0.4, -0.2) is 6.54 Å². The molecule has 0 amide bonds. The van der Waals surface area contributed by atoms with E-state index in [-0.39, 0.29) is 0 Å². The minimum atomic E-state index is 0.620. The molecule has 0 aromatic rings. The Hall–Kier alpha value is -0.480. The molecule has 1 heteroatoms. The van der Waals surface area contributed by atoms with Crippen molar-refractivity contribution in [2.45, 2.75) is 26.7 Å². The van der Waals surface area contributed by atoms with E-state index >= 15 is 0 Å². The average molecular weight is 139 g/mol. The first-order chi connectivity index (χ1) is 4.72. The number of hydrogen-bond donors (Lipinski definition) is 1. The van der Waals surface area contributed by atoms with Gasteiger partial charge in [-0.15, -0.1) is 12.3 Å². The van der Waals surface area contributed by atoms with Gasteiger partial charge in [0.05, 0.1) is 0 Å². The number of rotatable bonds is 4. The van der Waals surface area contributed by atoms with Gasteiger partial charge in [-0.05, 0) is 24.8 Å². The van der Waals surface area contributed by atoms with Crippen LogP contribution < -0.4 is 5.73 Å². The van der Waals surface area contributed by atoms with Gasteiger partial charge in [0.1, 0.15) is 0 Å². The normalized spacial score (nSPS) is 13.1. The molecule has 0 aliphatic rings. The third kappa shape index (κ3) is 3.53. The van der Waals surface area contributed by atoms with Crippen molar-refractivity contribution in [3.05, 3.63) is 0 Å². The Bertz CT molecular complexity index is 110. The van der Waals surface area contributed by atoms with Gasteiger partial charge in [0.2, 0.25) is 0 Å².